The number of nitrogens with zero attached hydrogens (tertiary/aromatic N) is 1. The Hall–Kier alpha value is -1.92. The van der Waals surface area contributed by atoms with Gasteiger partial charge in [0, 0.05) is 19.6 Å². The Morgan fingerprint density at radius 2 is 1.87 bits per heavy atom. The predicted molar refractivity (Wildman–Crippen MR) is 85.1 cm³/mol. The quantitative estimate of drug-likeness (QED) is 0.809. The van der Waals surface area contributed by atoms with E-state index in [0.29, 0.717) is 32.5 Å². The number of carbonyl (C=O) groups is 2. The van der Waals surface area contributed by atoms with Crippen LogP contribution in [-0.4, -0.2) is 43.5 Å². The molecule has 0 spiro atoms. The third-order valence-corrected chi connectivity index (χ3v) is 4.80. The standard InChI is InChI=1S/C17H23N3O3/c1-23-17(22)13-7-9-20(10-8-13)16(21)14-11-18-19-15(14)12-5-3-2-4-6-12/h2-6,13-15,18-19H,7-11H2,1H3. The molecular weight excluding hydrogens is 294 g/mol. The van der Waals surface area contributed by atoms with Crippen molar-refractivity contribution in [3.05, 3.63) is 35.9 Å². The summed E-state index contributed by atoms with van der Waals surface area (Å²) in [6, 6.07) is 10.0. The molecule has 6 heteroatoms. The molecule has 2 aliphatic rings. The van der Waals surface area contributed by atoms with E-state index in [4.69, 9.17) is 4.74 Å². The van der Waals surface area contributed by atoms with E-state index in [-0.39, 0.29) is 29.8 Å². The molecular formula is C17H23N3O3. The highest BCUT2D eigenvalue weighted by atomic mass is 16.5. The van der Waals surface area contributed by atoms with E-state index >= 15 is 0 Å². The van der Waals surface area contributed by atoms with Crippen molar-refractivity contribution in [3.8, 4) is 0 Å². The van der Waals surface area contributed by atoms with Gasteiger partial charge in [-0.15, -0.1) is 0 Å². The molecule has 2 fully saturated rings. The van der Waals surface area contributed by atoms with Gasteiger partial charge in [-0.05, 0) is 18.4 Å². The molecule has 6 nitrogen and oxygen atoms in total. The lowest BCUT2D eigenvalue weighted by molar-refractivity contribution is -0.149. The maximum atomic E-state index is 12.9. The number of methoxy groups -OCH3 is 1. The van der Waals surface area contributed by atoms with Gasteiger partial charge in [-0.1, -0.05) is 30.3 Å². The lowest BCUT2D eigenvalue weighted by Crippen LogP contribution is -2.44. The van der Waals surface area contributed by atoms with Crippen molar-refractivity contribution in [1.29, 1.82) is 0 Å². The van der Waals surface area contributed by atoms with Crippen LogP contribution >= 0.6 is 0 Å². The summed E-state index contributed by atoms with van der Waals surface area (Å²) < 4.78 is 4.80. The van der Waals surface area contributed by atoms with Crippen LogP contribution in [0.1, 0.15) is 24.4 Å². The van der Waals surface area contributed by atoms with Crippen molar-refractivity contribution in [2.75, 3.05) is 26.7 Å². The Kier molecular flexibility index (Phi) is 4.93. The summed E-state index contributed by atoms with van der Waals surface area (Å²) in [6.45, 7) is 1.86. The molecule has 0 aromatic heterocycles. The Labute approximate surface area is 136 Å². The van der Waals surface area contributed by atoms with E-state index in [1.807, 2.05) is 35.2 Å². The van der Waals surface area contributed by atoms with E-state index in [9.17, 15) is 9.59 Å². The molecule has 0 radical (unpaired) electrons. The third kappa shape index (κ3) is 3.38. The third-order valence-electron chi connectivity index (χ3n) is 4.80. The molecule has 2 N–H and O–H groups in total. The topological polar surface area (TPSA) is 70.7 Å². The summed E-state index contributed by atoms with van der Waals surface area (Å²) in [6.07, 6.45) is 1.37. The summed E-state index contributed by atoms with van der Waals surface area (Å²) in [5, 5.41) is 0. The van der Waals surface area contributed by atoms with Crippen molar-refractivity contribution in [2.24, 2.45) is 11.8 Å². The molecule has 0 saturated carbocycles. The van der Waals surface area contributed by atoms with E-state index in [2.05, 4.69) is 10.9 Å². The maximum absolute atomic E-state index is 12.9. The lowest BCUT2D eigenvalue weighted by atomic mass is 9.91. The summed E-state index contributed by atoms with van der Waals surface area (Å²) in [7, 11) is 1.42. The molecule has 1 aromatic rings. The summed E-state index contributed by atoms with van der Waals surface area (Å²) in [5.74, 6) is -0.205. The second kappa shape index (κ2) is 7.10. The zero-order valence-electron chi connectivity index (χ0n) is 13.3. The van der Waals surface area contributed by atoms with Crippen LogP contribution in [0.3, 0.4) is 0 Å². The molecule has 2 saturated heterocycles. The van der Waals surface area contributed by atoms with Gasteiger partial charge in [0.25, 0.3) is 0 Å². The number of hydrazine groups is 1. The van der Waals surface area contributed by atoms with Gasteiger partial charge in [0.2, 0.25) is 5.91 Å². The average molecular weight is 317 g/mol. The number of carbonyl (C=O) groups excluding carboxylic acids is 2. The smallest absolute Gasteiger partial charge is 0.308 e. The number of likely N-dealkylation sites (tertiary alicyclic amines) is 1. The van der Waals surface area contributed by atoms with E-state index in [1.165, 1.54) is 7.11 Å². The van der Waals surface area contributed by atoms with Gasteiger partial charge in [0.15, 0.2) is 0 Å². The summed E-state index contributed by atoms with van der Waals surface area (Å²) in [4.78, 5) is 26.3. The number of rotatable bonds is 3. The molecule has 1 aromatic carbocycles. The maximum Gasteiger partial charge on any atom is 0.308 e. The number of hydrogen-bond donors (Lipinski definition) is 2. The summed E-state index contributed by atoms with van der Waals surface area (Å²) in [5.41, 5.74) is 7.42. The first-order valence-electron chi connectivity index (χ1n) is 8.10. The predicted octanol–water partition coefficient (Wildman–Crippen LogP) is 0.863. The zero-order chi connectivity index (χ0) is 16.2. The Bertz CT molecular complexity index is 555. The van der Waals surface area contributed by atoms with E-state index in [1.54, 1.807) is 0 Å². The van der Waals surface area contributed by atoms with Gasteiger partial charge in [-0.2, -0.15) is 0 Å². The first kappa shape index (κ1) is 16.0. The monoisotopic (exact) mass is 317 g/mol. The second-order valence-electron chi connectivity index (χ2n) is 6.14. The van der Waals surface area contributed by atoms with Crippen LogP contribution in [0, 0.1) is 11.8 Å². The van der Waals surface area contributed by atoms with Crippen LogP contribution in [0.5, 0.6) is 0 Å². The van der Waals surface area contributed by atoms with Gasteiger partial charge >= 0.3 is 5.97 Å². The van der Waals surface area contributed by atoms with Gasteiger partial charge in [0.1, 0.15) is 0 Å². The van der Waals surface area contributed by atoms with Crippen molar-refractivity contribution in [2.45, 2.75) is 18.9 Å². The van der Waals surface area contributed by atoms with Crippen LogP contribution in [0.2, 0.25) is 0 Å². The highest BCUT2D eigenvalue weighted by molar-refractivity contribution is 5.81. The first-order valence-corrected chi connectivity index (χ1v) is 8.10. The van der Waals surface area contributed by atoms with Crippen molar-refractivity contribution >= 4 is 11.9 Å². The first-order chi connectivity index (χ1) is 11.2. The van der Waals surface area contributed by atoms with Gasteiger partial charge in [-0.3, -0.25) is 15.0 Å². The number of nitrogens with one attached hydrogen (secondary N) is 2. The highest BCUT2D eigenvalue weighted by Gasteiger charge is 2.38. The number of piperidine rings is 1. The SMILES string of the molecule is COC(=O)C1CCN(C(=O)C2CNNC2c2ccccc2)CC1. The lowest BCUT2D eigenvalue weighted by Gasteiger charge is -2.33. The minimum atomic E-state index is -0.163. The Balaban J connectivity index is 1.63. The van der Waals surface area contributed by atoms with E-state index < -0.39 is 0 Å². The number of hydrogen-bond acceptors (Lipinski definition) is 5. The highest BCUT2D eigenvalue weighted by Crippen LogP contribution is 2.28. The molecule has 0 aliphatic carbocycles. The summed E-state index contributed by atoms with van der Waals surface area (Å²) >= 11 is 0. The number of benzene rings is 1. The Morgan fingerprint density at radius 1 is 1.17 bits per heavy atom. The van der Waals surface area contributed by atoms with Crippen molar-refractivity contribution in [1.82, 2.24) is 15.8 Å². The Morgan fingerprint density at radius 3 is 2.52 bits per heavy atom. The molecule has 0 bridgehead atoms. The number of ether oxygens (including phenoxy) is 1. The largest absolute Gasteiger partial charge is 0.469 e. The second-order valence-corrected chi connectivity index (χ2v) is 6.14. The molecule has 2 atom stereocenters. The number of amides is 1. The normalized spacial score (nSPS) is 25.3. The van der Waals surface area contributed by atoms with Gasteiger partial charge in [-0.25, -0.2) is 5.43 Å². The van der Waals surface area contributed by atoms with Crippen LogP contribution in [0.15, 0.2) is 30.3 Å². The molecule has 3 rings (SSSR count). The fourth-order valence-corrected chi connectivity index (χ4v) is 3.44. The van der Waals surface area contributed by atoms with Crippen molar-refractivity contribution < 1.29 is 14.3 Å². The molecule has 2 heterocycles. The molecule has 2 unspecified atom stereocenters. The van der Waals surface area contributed by atoms with Gasteiger partial charge in [0.05, 0.1) is 25.0 Å². The molecule has 2 aliphatic heterocycles. The number of esters is 1. The van der Waals surface area contributed by atoms with Crippen LogP contribution in [0.4, 0.5) is 0 Å². The zero-order valence-corrected chi connectivity index (χ0v) is 13.3. The fourth-order valence-electron chi connectivity index (χ4n) is 3.44. The van der Waals surface area contributed by atoms with Crippen LogP contribution in [-0.2, 0) is 14.3 Å². The minimum Gasteiger partial charge on any atom is -0.469 e. The molecule has 23 heavy (non-hydrogen) atoms. The fraction of sp³-hybridized carbons (Fsp3) is 0.529. The molecule has 124 valence electrons. The van der Waals surface area contributed by atoms with E-state index in [0.717, 1.165) is 5.56 Å². The van der Waals surface area contributed by atoms with Crippen LogP contribution in [0.25, 0.3) is 0 Å². The van der Waals surface area contributed by atoms with Crippen molar-refractivity contribution in [3.63, 3.8) is 0 Å². The van der Waals surface area contributed by atoms with Gasteiger partial charge < -0.3 is 9.64 Å². The minimum absolute atomic E-state index is 0.0120. The average Bonchev–Trinajstić information content (AvgIpc) is 3.11. The van der Waals surface area contributed by atoms with Crippen LogP contribution < -0.4 is 10.9 Å². The molecule has 1 amide bonds.